The van der Waals surface area contributed by atoms with Gasteiger partial charge in [-0.2, -0.15) is 18.3 Å². The summed E-state index contributed by atoms with van der Waals surface area (Å²) in [6.07, 6.45) is -4.36. The number of alkyl halides is 3. The number of rotatable bonds is 6. The zero-order valence-electron chi connectivity index (χ0n) is 25.7. The number of hydrogen-bond donors (Lipinski definition) is 3. The number of aromatic amines is 1. The van der Waals surface area contributed by atoms with Crippen molar-refractivity contribution in [3.63, 3.8) is 0 Å². The van der Waals surface area contributed by atoms with Crippen molar-refractivity contribution in [2.45, 2.75) is 12.7 Å². The van der Waals surface area contributed by atoms with Gasteiger partial charge in [-0.05, 0) is 29.8 Å². The van der Waals surface area contributed by atoms with Crippen LogP contribution < -0.4 is 15.6 Å². The second-order valence-electron chi connectivity index (χ2n) is 11.6. The van der Waals surface area contributed by atoms with Crippen molar-refractivity contribution in [2.75, 3.05) is 62.7 Å². The molecule has 254 valence electrons. The number of hydrogen-bond acceptors (Lipinski definition) is 7. The summed E-state index contributed by atoms with van der Waals surface area (Å²) in [5.74, 6) is -0.209. The van der Waals surface area contributed by atoms with Crippen LogP contribution in [0.1, 0.15) is 27.0 Å². The van der Waals surface area contributed by atoms with Gasteiger partial charge in [0.1, 0.15) is 5.69 Å². The molecular weight excluding hydrogens is 670 g/mol. The summed E-state index contributed by atoms with van der Waals surface area (Å²) >= 11 is 0. The van der Waals surface area contributed by atoms with E-state index in [1.165, 1.54) is 12.1 Å². The van der Waals surface area contributed by atoms with Gasteiger partial charge in [-0.3, -0.25) is 20.2 Å². The highest BCUT2D eigenvalue weighted by atomic mass is 35.5. The van der Waals surface area contributed by atoms with Crippen LogP contribution in [0.2, 0.25) is 0 Å². The molecule has 0 bridgehead atoms. The molecule has 0 radical (unpaired) electrons. The molecule has 2 amide bonds. The number of amides is 2. The van der Waals surface area contributed by atoms with Crippen molar-refractivity contribution in [1.82, 2.24) is 25.5 Å². The molecule has 3 aliphatic rings. The molecule has 10 nitrogen and oxygen atoms in total. The number of hydrazine groups is 1. The van der Waals surface area contributed by atoms with Crippen LogP contribution >= 0.6 is 24.8 Å². The van der Waals surface area contributed by atoms with E-state index >= 15 is 0 Å². The number of nitrogens with zero attached hydrogens (tertiary/aromatic N) is 4. The maximum absolute atomic E-state index is 13.7. The largest absolute Gasteiger partial charge is 0.416 e. The Morgan fingerprint density at radius 3 is 2.31 bits per heavy atom. The highest BCUT2D eigenvalue weighted by Gasteiger charge is 2.35. The van der Waals surface area contributed by atoms with Gasteiger partial charge in [0.2, 0.25) is 0 Å². The van der Waals surface area contributed by atoms with Gasteiger partial charge in [0.05, 0.1) is 41.3 Å². The first kappa shape index (κ1) is 35.2. The second-order valence-corrected chi connectivity index (χ2v) is 11.6. The highest BCUT2D eigenvalue weighted by Crippen LogP contribution is 2.43. The summed E-state index contributed by atoms with van der Waals surface area (Å²) in [6.45, 7) is 5.64. The molecule has 1 aromatic heterocycles. The molecule has 3 N–H and O–H groups in total. The van der Waals surface area contributed by atoms with Crippen molar-refractivity contribution < 1.29 is 27.5 Å². The first-order valence-corrected chi connectivity index (χ1v) is 15.2. The topological polar surface area (TPSA) is 106 Å². The smallest absolute Gasteiger partial charge is 0.379 e. The number of nitrogens with one attached hydrogen (secondary N) is 3. The Morgan fingerprint density at radius 2 is 1.60 bits per heavy atom. The number of carbonyl (C=O) groups excluding carboxylic acids is 2. The molecule has 0 atom stereocenters. The van der Waals surface area contributed by atoms with E-state index in [-0.39, 0.29) is 30.6 Å². The van der Waals surface area contributed by atoms with E-state index in [0.29, 0.717) is 85.4 Å². The summed E-state index contributed by atoms with van der Waals surface area (Å²) in [4.78, 5) is 30.7. The molecule has 7 rings (SSSR count). The average Bonchev–Trinajstić information content (AvgIpc) is 3.62. The Morgan fingerprint density at radius 1 is 0.896 bits per heavy atom. The summed E-state index contributed by atoms with van der Waals surface area (Å²) in [5, 5.41) is 12.1. The lowest BCUT2D eigenvalue weighted by molar-refractivity contribution is -0.137. The van der Waals surface area contributed by atoms with E-state index in [2.05, 4.69) is 25.8 Å². The molecule has 15 heteroatoms. The Labute approximate surface area is 287 Å². The van der Waals surface area contributed by atoms with E-state index in [1.54, 1.807) is 23.2 Å². The first-order chi connectivity index (χ1) is 22.2. The molecule has 2 aliphatic heterocycles. The van der Waals surface area contributed by atoms with E-state index in [9.17, 15) is 22.8 Å². The Hall–Kier alpha value is -4.14. The maximum Gasteiger partial charge on any atom is 0.416 e. The molecule has 2 saturated heterocycles. The highest BCUT2D eigenvalue weighted by molar-refractivity contribution is 6.26. The third kappa shape index (κ3) is 7.15. The van der Waals surface area contributed by atoms with Gasteiger partial charge in [0.25, 0.3) is 0 Å². The summed E-state index contributed by atoms with van der Waals surface area (Å²) < 4.78 is 44.8. The van der Waals surface area contributed by atoms with Crippen molar-refractivity contribution >= 4 is 48.0 Å². The van der Waals surface area contributed by atoms with Gasteiger partial charge in [-0.1, -0.05) is 42.5 Å². The lowest BCUT2D eigenvalue weighted by Crippen LogP contribution is -2.49. The number of ketones is 1. The number of benzene rings is 3. The fourth-order valence-corrected chi connectivity index (χ4v) is 6.24. The third-order valence-corrected chi connectivity index (χ3v) is 8.62. The predicted octanol–water partition coefficient (Wildman–Crippen LogP) is 5.84. The SMILES string of the molecule is Cl.Cl.O=C(Nc1cccc2c1C(=O)c1c(-c3ccc(CN4CCN(c5cccc(C(F)(F)F)c5)CC4)cc3)n[nH]c1-2)NN1CCOCC1. The molecule has 2 fully saturated rings. The van der Waals surface area contributed by atoms with Gasteiger partial charge in [0.15, 0.2) is 5.78 Å². The van der Waals surface area contributed by atoms with Crippen LogP contribution in [-0.4, -0.2) is 84.4 Å². The minimum atomic E-state index is -4.36. The summed E-state index contributed by atoms with van der Waals surface area (Å²) in [7, 11) is 0. The number of ether oxygens (including phenoxy) is 1. The fraction of sp³-hybridized carbons (Fsp3) is 0.303. The number of fused-ring (bicyclic) bond motifs is 3. The first-order valence-electron chi connectivity index (χ1n) is 15.2. The van der Waals surface area contributed by atoms with Crippen LogP contribution in [-0.2, 0) is 17.5 Å². The minimum absolute atomic E-state index is 0. The Kier molecular flexibility index (Phi) is 10.7. The van der Waals surface area contributed by atoms with Crippen LogP contribution in [0.3, 0.4) is 0 Å². The number of anilines is 2. The van der Waals surface area contributed by atoms with Crippen molar-refractivity contribution in [1.29, 1.82) is 0 Å². The van der Waals surface area contributed by atoms with Crippen LogP contribution in [0.25, 0.3) is 22.5 Å². The van der Waals surface area contributed by atoms with Gasteiger partial charge >= 0.3 is 12.2 Å². The Balaban J connectivity index is 0.00000225. The lowest BCUT2D eigenvalue weighted by Gasteiger charge is -2.36. The number of piperazine rings is 1. The lowest BCUT2D eigenvalue weighted by atomic mass is 10.0. The molecule has 3 aromatic carbocycles. The molecule has 48 heavy (non-hydrogen) atoms. The molecule has 4 aromatic rings. The van der Waals surface area contributed by atoms with E-state index in [0.717, 1.165) is 30.3 Å². The molecule has 1 aliphatic carbocycles. The van der Waals surface area contributed by atoms with Gasteiger partial charge in [-0.25, -0.2) is 9.80 Å². The molecular formula is C33H34Cl2F3N7O3. The van der Waals surface area contributed by atoms with Crippen molar-refractivity contribution in [3.8, 4) is 22.5 Å². The van der Waals surface area contributed by atoms with Crippen molar-refractivity contribution in [3.05, 3.63) is 89.0 Å². The zero-order chi connectivity index (χ0) is 31.8. The van der Waals surface area contributed by atoms with E-state index in [4.69, 9.17) is 4.74 Å². The fourth-order valence-electron chi connectivity index (χ4n) is 6.24. The summed E-state index contributed by atoms with van der Waals surface area (Å²) in [6, 6.07) is 18.3. The van der Waals surface area contributed by atoms with Gasteiger partial charge < -0.3 is 15.0 Å². The zero-order valence-corrected chi connectivity index (χ0v) is 27.3. The summed E-state index contributed by atoms with van der Waals surface area (Å²) in [5.41, 5.74) is 7.78. The predicted molar refractivity (Wildman–Crippen MR) is 181 cm³/mol. The second kappa shape index (κ2) is 14.5. The van der Waals surface area contributed by atoms with Crippen LogP contribution in [0.4, 0.5) is 29.3 Å². The minimum Gasteiger partial charge on any atom is -0.379 e. The molecule has 3 heterocycles. The van der Waals surface area contributed by atoms with Gasteiger partial charge in [-0.15, -0.1) is 24.8 Å². The molecule has 0 spiro atoms. The standard InChI is InChI=1S/C33H32F3N7O3.2ClH/c34-33(35,36)23-3-1-4-24(19-23)42-13-11-41(12-14-42)20-21-7-9-22(10-8-21)29-28-30(39-38-29)25-5-2-6-26(27(25)31(28)44)37-32(45)40-43-15-17-46-18-16-43;;/h1-10,19H,11-18,20H2,(H,38,39)(H2,37,40,45);2*1H. The molecule has 0 saturated carbocycles. The quantitative estimate of drug-likeness (QED) is 0.204. The third-order valence-electron chi connectivity index (χ3n) is 8.62. The maximum atomic E-state index is 13.7. The van der Waals surface area contributed by atoms with Crippen LogP contribution in [0, 0.1) is 0 Å². The van der Waals surface area contributed by atoms with Crippen molar-refractivity contribution in [2.24, 2.45) is 0 Å². The Bertz CT molecular complexity index is 1770. The van der Waals surface area contributed by atoms with E-state index in [1.807, 2.05) is 35.2 Å². The number of aromatic nitrogens is 2. The number of carbonyl (C=O) groups is 2. The number of morpholine rings is 1. The molecule has 0 unspecified atom stereocenters. The monoisotopic (exact) mass is 703 g/mol. The van der Waals surface area contributed by atoms with Crippen LogP contribution in [0.15, 0.2) is 66.7 Å². The number of halogens is 5. The normalized spacial score (nSPS) is 16.4. The average molecular weight is 705 g/mol. The van der Waals surface area contributed by atoms with E-state index < -0.39 is 17.8 Å². The number of H-pyrrole nitrogens is 1. The van der Waals surface area contributed by atoms with Crippen LogP contribution in [0.5, 0.6) is 0 Å². The van der Waals surface area contributed by atoms with Gasteiger partial charge in [0, 0.05) is 62.6 Å². The number of urea groups is 1.